The number of thioether (sulfide) groups is 1. The third-order valence-corrected chi connectivity index (χ3v) is 12.5. The van der Waals surface area contributed by atoms with Gasteiger partial charge in [-0.25, -0.2) is 9.37 Å². The Morgan fingerprint density at radius 3 is 2.31 bits per heavy atom. The number of carbonyl (C=O) groups excluding carboxylic acids is 1. The molecular weight excluding hydrogens is 686 g/mol. The number of amides is 1. The van der Waals surface area contributed by atoms with Crippen molar-refractivity contribution in [2.24, 2.45) is 5.92 Å². The summed E-state index contributed by atoms with van der Waals surface area (Å²) < 4.78 is 21.1. The molecule has 52 heavy (non-hydrogen) atoms. The normalized spacial score (nSPS) is 25.3. The molecule has 2 aromatic carbocycles. The van der Waals surface area contributed by atoms with Gasteiger partial charge in [-0.3, -0.25) is 14.5 Å². The Kier molecular flexibility index (Phi) is 12.2. The monoisotopic (exact) mass is 737 g/mol. The summed E-state index contributed by atoms with van der Waals surface area (Å²) in [4.78, 5) is 39.7. The van der Waals surface area contributed by atoms with E-state index in [1.807, 2.05) is 12.1 Å². The molecule has 0 spiro atoms. The number of aromatic nitrogens is 2. The Balaban J connectivity index is 0.809. The summed E-state index contributed by atoms with van der Waals surface area (Å²) in [6.07, 6.45) is 5.76. The standard InChI is InChI=1S/C38H52FN7O5S/c39-31-21-29(22-33-36(31)38(50)42-34(41-33)24-52-30-7-5-28(47)6-8-30)51-23-25-11-13-44(14-12-25)15-16-45-17-19-46(20-18-45)27-3-1-26(2-4-27)40-32-9-10-35(48)43-37(32)49/h1-4,21-22,25,28,30,32,35,40,47-48H,5-20,23-24H2,(H,43,49)(H,41,42,50). The van der Waals surface area contributed by atoms with E-state index in [1.54, 1.807) is 17.8 Å². The maximum absolute atomic E-state index is 15.0. The fraction of sp³-hybridized carbons (Fsp3) is 0.605. The van der Waals surface area contributed by atoms with E-state index < -0.39 is 17.6 Å². The zero-order valence-corrected chi connectivity index (χ0v) is 30.6. The van der Waals surface area contributed by atoms with Crippen LogP contribution >= 0.6 is 11.8 Å². The molecule has 3 aliphatic heterocycles. The highest BCUT2D eigenvalue weighted by Crippen LogP contribution is 2.31. The van der Waals surface area contributed by atoms with Crippen molar-refractivity contribution >= 4 is 39.9 Å². The number of H-pyrrole nitrogens is 1. The summed E-state index contributed by atoms with van der Waals surface area (Å²) in [6.45, 7) is 8.61. The van der Waals surface area contributed by atoms with E-state index in [2.05, 4.69) is 47.4 Å². The van der Waals surface area contributed by atoms with Gasteiger partial charge in [-0.2, -0.15) is 11.8 Å². The summed E-state index contributed by atoms with van der Waals surface area (Å²) in [5.74, 6) is 1.10. The van der Waals surface area contributed by atoms with Gasteiger partial charge in [0.05, 0.1) is 24.0 Å². The van der Waals surface area contributed by atoms with Crippen molar-refractivity contribution in [3.05, 3.63) is 58.4 Å². The van der Waals surface area contributed by atoms with Gasteiger partial charge in [-0.15, -0.1) is 0 Å². The second-order valence-electron chi connectivity index (χ2n) is 14.8. The highest BCUT2D eigenvalue weighted by molar-refractivity contribution is 7.99. The van der Waals surface area contributed by atoms with Crippen molar-refractivity contribution in [3.63, 3.8) is 0 Å². The smallest absolute Gasteiger partial charge is 0.261 e. The topological polar surface area (TPSA) is 146 Å². The molecule has 4 fully saturated rings. The van der Waals surface area contributed by atoms with Crippen LogP contribution in [0.15, 0.2) is 41.2 Å². The second-order valence-corrected chi connectivity index (χ2v) is 16.1. The summed E-state index contributed by atoms with van der Waals surface area (Å²) in [5.41, 5.74) is 1.95. The number of nitrogens with zero attached hydrogens (tertiary/aromatic N) is 4. The minimum atomic E-state index is -0.746. The number of aliphatic hydroxyl groups is 2. The molecule has 4 aliphatic rings. The zero-order valence-electron chi connectivity index (χ0n) is 29.8. The number of aliphatic hydroxyl groups excluding tert-OH is 2. The first-order chi connectivity index (χ1) is 25.3. The number of aromatic amines is 1. The van der Waals surface area contributed by atoms with E-state index in [9.17, 15) is 19.8 Å². The molecule has 1 amide bonds. The Morgan fingerprint density at radius 1 is 0.885 bits per heavy atom. The fourth-order valence-corrected chi connectivity index (χ4v) is 8.95. The van der Waals surface area contributed by atoms with E-state index in [-0.39, 0.29) is 23.4 Å². The first-order valence-corrected chi connectivity index (χ1v) is 20.0. The van der Waals surface area contributed by atoms with E-state index in [1.165, 1.54) is 11.8 Å². The van der Waals surface area contributed by atoms with Gasteiger partial charge in [0.25, 0.3) is 5.56 Å². The predicted octanol–water partition coefficient (Wildman–Crippen LogP) is 3.52. The first-order valence-electron chi connectivity index (χ1n) is 19.0. The van der Waals surface area contributed by atoms with Crippen LogP contribution in [0.4, 0.5) is 15.8 Å². The number of hydrogen-bond acceptors (Lipinski definition) is 11. The number of ether oxygens (including phenoxy) is 1. The van der Waals surface area contributed by atoms with Crippen LogP contribution in [0.3, 0.4) is 0 Å². The van der Waals surface area contributed by atoms with Gasteiger partial charge >= 0.3 is 0 Å². The molecule has 12 nitrogen and oxygen atoms in total. The van der Waals surface area contributed by atoms with Crippen molar-refractivity contribution in [3.8, 4) is 5.75 Å². The van der Waals surface area contributed by atoms with E-state index in [0.717, 1.165) is 96.6 Å². The van der Waals surface area contributed by atoms with Gasteiger partial charge in [0.15, 0.2) is 0 Å². The Labute approximate surface area is 308 Å². The number of carbonyl (C=O) groups is 1. The first kappa shape index (κ1) is 36.9. The molecule has 3 aromatic rings. The van der Waals surface area contributed by atoms with Crippen LogP contribution in [0.25, 0.3) is 10.9 Å². The zero-order chi connectivity index (χ0) is 36.0. The van der Waals surface area contributed by atoms with Crippen LogP contribution in [0.5, 0.6) is 5.75 Å². The highest BCUT2D eigenvalue weighted by atomic mass is 32.2. The average Bonchev–Trinajstić information content (AvgIpc) is 3.15. The van der Waals surface area contributed by atoms with Crippen LogP contribution in [0.1, 0.15) is 57.2 Å². The lowest BCUT2D eigenvalue weighted by Crippen LogP contribution is -2.49. The molecule has 1 aromatic heterocycles. The molecule has 3 saturated heterocycles. The highest BCUT2D eigenvalue weighted by Gasteiger charge is 2.27. The van der Waals surface area contributed by atoms with Crippen LogP contribution in [-0.2, 0) is 10.5 Å². The number of piperidine rings is 2. The number of benzene rings is 2. The van der Waals surface area contributed by atoms with Crippen molar-refractivity contribution in [2.75, 3.05) is 69.2 Å². The number of fused-ring (bicyclic) bond motifs is 1. The maximum atomic E-state index is 15.0. The van der Waals surface area contributed by atoms with Gasteiger partial charge in [0, 0.05) is 68.0 Å². The maximum Gasteiger partial charge on any atom is 0.261 e. The molecule has 282 valence electrons. The average molecular weight is 738 g/mol. The summed E-state index contributed by atoms with van der Waals surface area (Å²) in [6, 6.07) is 10.9. The van der Waals surface area contributed by atoms with Gasteiger partial charge in [-0.05, 0) is 94.6 Å². The fourth-order valence-electron chi connectivity index (χ4n) is 7.81. The van der Waals surface area contributed by atoms with Crippen molar-refractivity contribution in [1.82, 2.24) is 25.1 Å². The molecule has 4 heterocycles. The number of hydrogen-bond donors (Lipinski definition) is 5. The molecule has 2 unspecified atom stereocenters. The number of nitrogens with one attached hydrogen (secondary N) is 3. The van der Waals surface area contributed by atoms with Crippen LogP contribution < -0.4 is 25.8 Å². The quantitative estimate of drug-likeness (QED) is 0.186. The molecular formula is C38H52FN7O5S. The SMILES string of the molecule is O=C1NC(O)CCC1Nc1ccc(N2CCN(CCN3CCC(COc4cc(F)c5c(=O)[nH]c(CSC6CCC(O)CC6)nc5c4)CC3)CC2)cc1. The lowest BCUT2D eigenvalue weighted by Gasteiger charge is -2.38. The third-order valence-electron chi connectivity index (χ3n) is 11.1. The summed E-state index contributed by atoms with van der Waals surface area (Å²) in [7, 11) is 0. The molecule has 0 bridgehead atoms. The van der Waals surface area contributed by atoms with E-state index in [4.69, 9.17) is 4.74 Å². The van der Waals surface area contributed by atoms with Crippen LogP contribution in [0, 0.1) is 11.7 Å². The number of likely N-dealkylation sites (tertiary alicyclic amines) is 1. The number of piperazine rings is 1. The lowest BCUT2D eigenvalue weighted by atomic mass is 9.97. The minimum Gasteiger partial charge on any atom is -0.493 e. The molecule has 0 radical (unpaired) electrons. The van der Waals surface area contributed by atoms with Gasteiger partial charge in [0.2, 0.25) is 5.91 Å². The Bertz CT molecular complexity index is 1710. The lowest BCUT2D eigenvalue weighted by molar-refractivity contribution is -0.127. The van der Waals surface area contributed by atoms with E-state index in [0.29, 0.717) is 53.5 Å². The Hall–Kier alpha value is -3.43. The van der Waals surface area contributed by atoms with Gasteiger partial charge in [-0.1, -0.05) is 0 Å². The number of halogens is 1. The molecule has 5 N–H and O–H groups in total. The minimum absolute atomic E-state index is 0.0333. The van der Waals surface area contributed by atoms with Crippen molar-refractivity contribution in [1.29, 1.82) is 0 Å². The second kappa shape index (κ2) is 17.1. The molecule has 2 atom stereocenters. The molecule has 7 rings (SSSR count). The van der Waals surface area contributed by atoms with Crippen molar-refractivity contribution in [2.45, 2.75) is 80.7 Å². The van der Waals surface area contributed by atoms with Crippen LogP contribution in [0.2, 0.25) is 0 Å². The largest absolute Gasteiger partial charge is 0.493 e. The van der Waals surface area contributed by atoms with Gasteiger partial charge in [0.1, 0.15) is 35.0 Å². The molecule has 1 aliphatic carbocycles. The van der Waals surface area contributed by atoms with E-state index >= 15 is 4.39 Å². The van der Waals surface area contributed by atoms with Crippen molar-refractivity contribution < 1.29 is 24.1 Å². The number of anilines is 2. The third kappa shape index (κ3) is 9.56. The summed E-state index contributed by atoms with van der Waals surface area (Å²) >= 11 is 1.73. The Morgan fingerprint density at radius 2 is 1.60 bits per heavy atom. The predicted molar refractivity (Wildman–Crippen MR) is 202 cm³/mol. The molecule has 14 heteroatoms. The van der Waals surface area contributed by atoms with Gasteiger partial charge < -0.3 is 40.4 Å². The summed E-state index contributed by atoms with van der Waals surface area (Å²) in [5, 5.41) is 25.6. The van der Waals surface area contributed by atoms with Crippen LogP contribution in [-0.4, -0.2) is 118 Å². The molecule has 1 saturated carbocycles. The number of rotatable bonds is 12.